The van der Waals surface area contributed by atoms with Crippen molar-refractivity contribution >= 4 is 17.7 Å². The second-order valence-electron chi connectivity index (χ2n) is 9.56. The lowest BCUT2D eigenvalue weighted by atomic mass is 9.87. The summed E-state index contributed by atoms with van der Waals surface area (Å²) in [5.41, 5.74) is 1.06. The van der Waals surface area contributed by atoms with Gasteiger partial charge in [0.25, 0.3) is 11.8 Å². The quantitative estimate of drug-likeness (QED) is 0.636. The summed E-state index contributed by atoms with van der Waals surface area (Å²) in [6.45, 7) is 7.22. The van der Waals surface area contributed by atoms with Crippen molar-refractivity contribution in [3.05, 3.63) is 59.7 Å². The van der Waals surface area contributed by atoms with Crippen LogP contribution >= 0.6 is 0 Å². The van der Waals surface area contributed by atoms with Crippen LogP contribution in [0.4, 0.5) is 0 Å². The lowest BCUT2D eigenvalue weighted by Crippen LogP contribution is -2.55. The minimum Gasteiger partial charge on any atom is -0.454 e. The molecule has 1 saturated heterocycles. The molecule has 0 unspecified atom stereocenters. The Balaban J connectivity index is 1.43. The van der Waals surface area contributed by atoms with Gasteiger partial charge in [-0.05, 0) is 61.9 Å². The second kappa shape index (κ2) is 10.8. The summed E-state index contributed by atoms with van der Waals surface area (Å²) in [7, 11) is 0. The number of carbonyl (C=O) groups excluding carboxylic acids is 3. The largest absolute Gasteiger partial charge is 0.454 e. The Morgan fingerprint density at radius 1 is 0.886 bits per heavy atom. The SMILES string of the molecule is CC(C)[C@H](C)NC(=O)[C@@H](NC(=O)c1ccccc1)C1CCN(C(=O)c2ccc3c(c2)OCO3)CC1. The molecule has 35 heavy (non-hydrogen) atoms. The molecule has 2 heterocycles. The topological polar surface area (TPSA) is 97.0 Å². The van der Waals surface area contributed by atoms with Gasteiger partial charge >= 0.3 is 0 Å². The predicted octanol–water partition coefficient (Wildman–Crippen LogP) is 3.23. The van der Waals surface area contributed by atoms with E-state index in [0.29, 0.717) is 48.6 Å². The van der Waals surface area contributed by atoms with Gasteiger partial charge in [0.05, 0.1) is 0 Å². The Morgan fingerprint density at radius 3 is 2.26 bits per heavy atom. The zero-order valence-corrected chi connectivity index (χ0v) is 20.5. The van der Waals surface area contributed by atoms with Gasteiger partial charge in [-0.25, -0.2) is 0 Å². The highest BCUT2D eigenvalue weighted by Gasteiger charge is 2.35. The number of amides is 3. The molecule has 0 spiro atoms. The van der Waals surface area contributed by atoms with Gasteiger partial charge < -0.3 is 25.0 Å². The number of hydrogen-bond donors (Lipinski definition) is 2. The standard InChI is InChI=1S/C27H33N3O5/c1-17(2)18(3)28-26(32)24(29-25(31)20-7-5-4-6-8-20)19-11-13-30(14-12-19)27(33)21-9-10-22-23(15-21)35-16-34-22/h4-10,15,17-19,24H,11-14,16H2,1-3H3,(H,28,32)(H,29,31)/t18-,24-/m0/s1. The lowest BCUT2D eigenvalue weighted by molar-refractivity contribution is -0.125. The highest BCUT2D eigenvalue weighted by atomic mass is 16.7. The Morgan fingerprint density at radius 2 is 1.57 bits per heavy atom. The number of likely N-dealkylation sites (tertiary alicyclic amines) is 1. The average molecular weight is 480 g/mol. The van der Waals surface area contributed by atoms with Crippen LogP contribution in [-0.2, 0) is 4.79 Å². The van der Waals surface area contributed by atoms with Crippen molar-refractivity contribution in [1.82, 2.24) is 15.5 Å². The molecule has 0 aliphatic carbocycles. The smallest absolute Gasteiger partial charge is 0.253 e. The van der Waals surface area contributed by atoms with Crippen LogP contribution in [0, 0.1) is 11.8 Å². The molecule has 186 valence electrons. The molecule has 0 radical (unpaired) electrons. The summed E-state index contributed by atoms with van der Waals surface area (Å²) < 4.78 is 10.7. The Hall–Kier alpha value is -3.55. The number of benzene rings is 2. The third-order valence-electron chi connectivity index (χ3n) is 6.89. The van der Waals surface area contributed by atoms with E-state index in [4.69, 9.17) is 9.47 Å². The van der Waals surface area contributed by atoms with Crippen molar-refractivity contribution in [3.8, 4) is 11.5 Å². The Bertz CT molecular complexity index is 1060. The molecular weight excluding hydrogens is 446 g/mol. The van der Waals surface area contributed by atoms with Crippen LogP contribution in [0.5, 0.6) is 11.5 Å². The van der Waals surface area contributed by atoms with Crippen molar-refractivity contribution < 1.29 is 23.9 Å². The first kappa shape index (κ1) is 24.6. The monoisotopic (exact) mass is 479 g/mol. The summed E-state index contributed by atoms with van der Waals surface area (Å²) in [6, 6.07) is 13.4. The summed E-state index contributed by atoms with van der Waals surface area (Å²) in [5.74, 6) is 0.861. The molecule has 2 aliphatic heterocycles. The number of nitrogens with one attached hydrogen (secondary N) is 2. The summed E-state index contributed by atoms with van der Waals surface area (Å²) in [6.07, 6.45) is 1.22. The second-order valence-corrected chi connectivity index (χ2v) is 9.56. The van der Waals surface area contributed by atoms with Gasteiger partial charge in [0, 0.05) is 30.3 Å². The van der Waals surface area contributed by atoms with Crippen LogP contribution in [0.2, 0.25) is 0 Å². The summed E-state index contributed by atoms with van der Waals surface area (Å²) >= 11 is 0. The van der Waals surface area contributed by atoms with E-state index < -0.39 is 6.04 Å². The van der Waals surface area contributed by atoms with E-state index in [2.05, 4.69) is 10.6 Å². The van der Waals surface area contributed by atoms with E-state index in [1.54, 1.807) is 47.4 Å². The highest BCUT2D eigenvalue weighted by Crippen LogP contribution is 2.33. The van der Waals surface area contributed by atoms with Crippen LogP contribution < -0.4 is 20.1 Å². The fraction of sp³-hybridized carbons (Fsp3) is 0.444. The fourth-order valence-corrected chi connectivity index (χ4v) is 4.34. The predicted molar refractivity (Wildman–Crippen MR) is 131 cm³/mol. The fourth-order valence-electron chi connectivity index (χ4n) is 4.34. The first-order chi connectivity index (χ1) is 16.8. The Labute approximate surface area is 206 Å². The van der Waals surface area contributed by atoms with Gasteiger partial charge in [0.1, 0.15) is 6.04 Å². The molecule has 2 aromatic carbocycles. The van der Waals surface area contributed by atoms with Crippen molar-refractivity contribution in [1.29, 1.82) is 0 Å². The molecule has 1 fully saturated rings. The third-order valence-corrected chi connectivity index (χ3v) is 6.89. The number of carbonyl (C=O) groups is 3. The molecule has 4 rings (SSSR count). The molecule has 2 aliphatic rings. The van der Waals surface area contributed by atoms with Crippen molar-refractivity contribution in [2.45, 2.75) is 45.7 Å². The van der Waals surface area contributed by atoms with E-state index >= 15 is 0 Å². The molecule has 8 heteroatoms. The van der Waals surface area contributed by atoms with Crippen LogP contribution in [0.25, 0.3) is 0 Å². The maximum absolute atomic E-state index is 13.2. The first-order valence-corrected chi connectivity index (χ1v) is 12.2. The van der Waals surface area contributed by atoms with Gasteiger partial charge in [-0.1, -0.05) is 32.0 Å². The lowest BCUT2D eigenvalue weighted by Gasteiger charge is -2.36. The first-order valence-electron chi connectivity index (χ1n) is 12.2. The maximum atomic E-state index is 13.2. The van der Waals surface area contributed by atoms with Crippen molar-refractivity contribution in [3.63, 3.8) is 0 Å². The number of piperidine rings is 1. The van der Waals surface area contributed by atoms with Crippen LogP contribution in [0.15, 0.2) is 48.5 Å². The highest BCUT2D eigenvalue weighted by molar-refractivity contribution is 5.98. The minimum atomic E-state index is -0.674. The molecule has 2 N–H and O–H groups in total. The van der Waals surface area contributed by atoms with Gasteiger partial charge in [0.2, 0.25) is 12.7 Å². The van der Waals surface area contributed by atoms with Gasteiger partial charge in [-0.2, -0.15) is 0 Å². The number of fused-ring (bicyclic) bond motifs is 1. The normalized spacial score (nSPS) is 17.1. The van der Waals surface area contributed by atoms with E-state index in [1.807, 2.05) is 26.8 Å². The average Bonchev–Trinajstić information content (AvgIpc) is 3.35. The van der Waals surface area contributed by atoms with E-state index in [-0.39, 0.29) is 42.4 Å². The molecule has 0 aromatic heterocycles. The Kier molecular flexibility index (Phi) is 7.58. The van der Waals surface area contributed by atoms with Crippen LogP contribution in [0.3, 0.4) is 0 Å². The van der Waals surface area contributed by atoms with Gasteiger partial charge in [-0.3, -0.25) is 14.4 Å². The number of hydrogen-bond acceptors (Lipinski definition) is 5. The van der Waals surface area contributed by atoms with Crippen molar-refractivity contribution in [2.24, 2.45) is 11.8 Å². The van der Waals surface area contributed by atoms with Crippen LogP contribution in [0.1, 0.15) is 54.3 Å². The number of nitrogens with zero attached hydrogens (tertiary/aromatic N) is 1. The number of rotatable bonds is 7. The number of ether oxygens (including phenoxy) is 2. The maximum Gasteiger partial charge on any atom is 0.253 e. The van der Waals surface area contributed by atoms with E-state index in [1.165, 1.54) is 0 Å². The minimum absolute atomic E-state index is 0.0219. The summed E-state index contributed by atoms with van der Waals surface area (Å²) in [4.78, 5) is 41.0. The molecule has 3 amide bonds. The van der Waals surface area contributed by atoms with Crippen molar-refractivity contribution in [2.75, 3.05) is 19.9 Å². The summed E-state index contributed by atoms with van der Waals surface area (Å²) in [5, 5.41) is 6.02. The molecule has 8 nitrogen and oxygen atoms in total. The molecule has 2 aromatic rings. The molecule has 0 bridgehead atoms. The molecule has 2 atom stereocenters. The van der Waals surface area contributed by atoms with Crippen LogP contribution in [-0.4, -0.2) is 54.6 Å². The molecule has 0 saturated carbocycles. The zero-order valence-electron chi connectivity index (χ0n) is 20.5. The zero-order chi connectivity index (χ0) is 24.9. The molecular formula is C27H33N3O5. The van der Waals surface area contributed by atoms with Gasteiger partial charge in [0.15, 0.2) is 11.5 Å². The van der Waals surface area contributed by atoms with E-state index in [0.717, 1.165) is 0 Å². The third kappa shape index (κ3) is 5.75. The van der Waals surface area contributed by atoms with Gasteiger partial charge in [-0.15, -0.1) is 0 Å². The van der Waals surface area contributed by atoms with E-state index in [9.17, 15) is 14.4 Å².